The first-order valence-corrected chi connectivity index (χ1v) is 11.7. The number of amides is 1. The van der Waals surface area contributed by atoms with Crippen LogP contribution in [-0.2, 0) is 11.7 Å². The number of nitrogens with one attached hydrogen (secondary N) is 1. The molecule has 1 saturated heterocycles. The van der Waals surface area contributed by atoms with Crippen LogP contribution < -0.4 is 0 Å². The summed E-state index contributed by atoms with van der Waals surface area (Å²) in [5.74, 6) is -0.0920. The maximum absolute atomic E-state index is 14.0. The van der Waals surface area contributed by atoms with Crippen molar-refractivity contribution in [3.05, 3.63) is 88.5 Å². The van der Waals surface area contributed by atoms with Crippen molar-refractivity contribution in [2.45, 2.75) is 45.3 Å². The van der Waals surface area contributed by atoms with Gasteiger partial charge in [0.25, 0.3) is 5.91 Å². The number of fused-ring (bicyclic) bond motifs is 1. The van der Waals surface area contributed by atoms with Gasteiger partial charge in [-0.3, -0.25) is 4.79 Å². The molecule has 186 valence electrons. The number of H-pyrrole nitrogens is 1. The topological polar surface area (TPSA) is 49.0 Å². The van der Waals surface area contributed by atoms with Gasteiger partial charge in [-0.05, 0) is 86.7 Å². The van der Waals surface area contributed by atoms with Gasteiger partial charge in [0.2, 0.25) is 0 Å². The Hall–Kier alpha value is -3.68. The minimum atomic E-state index is -4.46. The lowest BCUT2D eigenvalue weighted by Gasteiger charge is -2.34. The second-order valence-corrected chi connectivity index (χ2v) is 9.66. The Balaban J connectivity index is 1.57. The van der Waals surface area contributed by atoms with Gasteiger partial charge in [-0.2, -0.15) is 13.2 Å². The van der Waals surface area contributed by atoms with E-state index in [4.69, 9.17) is 0 Å². The summed E-state index contributed by atoms with van der Waals surface area (Å²) >= 11 is 0. The van der Waals surface area contributed by atoms with Gasteiger partial charge >= 0.3 is 6.18 Å². The Morgan fingerprint density at radius 2 is 1.78 bits per heavy atom. The zero-order valence-corrected chi connectivity index (χ0v) is 20.1. The van der Waals surface area contributed by atoms with Gasteiger partial charge in [0.1, 0.15) is 11.6 Å². The average Bonchev–Trinajstić information content (AvgIpc) is 3.42. The summed E-state index contributed by atoms with van der Waals surface area (Å²) in [6.45, 7) is 6.07. The molecular formula is C28H25F4N3O. The highest BCUT2D eigenvalue weighted by Crippen LogP contribution is 2.41. The summed E-state index contributed by atoms with van der Waals surface area (Å²) in [5, 5.41) is 0. The molecule has 4 nitrogen and oxygen atoms in total. The predicted molar refractivity (Wildman–Crippen MR) is 130 cm³/mol. The van der Waals surface area contributed by atoms with E-state index < -0.39 is 17.3 Å². The van der Waals surface area contributed by atoms with Crippen LogP contribution in [-0.4, -0.2) is 27.3 Å². The molecule has 1 N–H and O–H groups in total. The number of hydrogen-bond donors (Lipinski definition) is 1. The number of aromatic amines is 1. The molecule has 0 spiro atoms. The van der Waals surface area contributed by atoms with Crippen LogP contribution in [0.25, 0.3) is 22.2 Å². The molecule has 1 unspecified atom stereocenters. The lowest BCUT2D eigenvalue weighted by Crippen LogP contribution is -2.43. The van der Waals surface area contributed by atoms with Crippen molar-refractivity contribution in [1.29, 1.82) is 0 Å². The second kappa shape index (κ2) is 8.47. The summed E-state index contributed by atoms with van der Waals surface area (Å²) < 4.78 is 53.4. The number of aryl methyl sites for hydroxylation is 2. The largest absolute Gasteiger partial charge is 0.416 e. The third-order valence-corrected chi connectivity index (χ3v) is 7.09. The zero-order chi connectivity index (χ0) is 25.8. The Labute approximate surface area is 206 Å². The highest BCUT2D eigenvalue weighted by molar-refractivity contribution is 6.02. The van der Waals surface area contributed by atoms with Crippen molar-refractivity contribution in [1.82, 2.24) is 14.9 Å². The SMILES string of the molecule is Cc1ccc(-c2ccc(F)cc2C)c(C(=O)N2CCCC2(C)c2nc3ccc(C(F)(F)F)cc3[nH]2)c1. The van der Waals surface area contributed by atoms with E-state index in [1.807, 2.05) is 32.0 Å². The molecule has 2 heterocycles. The van der Waals surface area contributed by atoms with Crippen molar-refractivity contribution < 1.29 is 22.4 Å². The van der Waals surface area contributed by atoms with Gasteiger partial charge in [0.15, 0.2) is 0 Å². The highest BCUT2D eigenvalue weighted by atomic mass is 19.4. The molecule has 1 aliphatic rings. The van der Waals surface area contributed by atoms with E-state index in [2.05, 4.69) is 9.97 Å². The van der Waals surface area contributed by atoms with Crippen LogP contribution in [0.5, 0.6) is 0 Å². The fourth-order valence-corrected chi connectivity index (χ4v) is 5.12. The molecule has 1 atom stereocenters. The van der Waals surface area contributed by atoms with Crippen LogP contribution in [0.4, 0.5) is 17.6 Å². The predicted octanol–water partition coefficient (Wildman–Crippen LogP) is 7.16. The molecule has 0 saturated carbocycles. The number of halogens is 4. The van der Waals surface area contributed by atoms with E-state index in [0.29, 0.717) is 35.4 Å². The van der Waals surface area contributed by atoms with E-state index in [1.165, 1.54) is 18.2 Å². The molecule has 5 rings (SSSR count). The molecule has 1 aliphatic heterocycles. The Bertz CT molecular complexity index is 1490. The summed E-state index contributed by atoms with van der Waals surface area (Å²) in [7, 11) is 0. The van der Waals surface area contributed by atoms with Crippen LogP contribution in [0, 0.1) is 19.7 Å². The highest BCUT2D eigenvalue weighted by Gasteiger charge is 2.44. The van der Waals surface area contributed by atoms with E-state index in [0.717, 1.165) is 35.2 Å². The quantitative estimate of drug-likeness (QED) is 0.307. The minimum Gasteiger partial charge on any atom is -0.340 e. The second-order valence-electron chi connectivity index (χ2n) is 9.66. The number of alkyl halides is 3. The fraction of sp³-hybridized carbons (Fsp3) is 0.286. The van der Waals surface area contributed by atoms with Crippen molar-refractivity contribution in [3.63, 3.8) is 0 Å². The van der Waals surface area contributed by atoms with Gasteiger partial charge < -0.3 is 9.88 Å². The van der Waals surface area contributed by atoms with Crippen molar-refractivity contribution in [2.24, 2.45) is 0 Å². The molecule has 1 amide bonds. The molecule has 1 fully saturated rings. The number of carbonyl (C=O) groups excluding carboxylic acids is 1. The van der Waals surface area contributed by atoms with Crippen molar-refractivity contribution in [3.8, 4) is 11.1 Å². The smallest absolute Gasteiger partial charge is 0.340 e. The molecule has 8 heteroatoms. The normalized spacial score (nSPS) is 18.2. The van der Waals surface area contributed by atoms with E-state index >= 15 is 0 Å². The van der Waals surface area contributed by atoms with Gasteiger partial charge in [0.05, 0.1) is 22.1 Å². The van der Waals surface area contributed by atoms with Crippen molar-refractivity contribution >= 4 is 16.9 Å². The monoisotopic (exact) mass is 495 g/mol. The minimum absolute atomic E-state index is 0.200. The summed E-state index contributed by atoms with van der Waals surface area (Å²) in [5.41, 5.74) is 2.70. The van der Waals surface area contributed by atoms with Crippen molar-refractivity contribution in [2.75, 3.05) is 6.54 Å². The van der Waals surface area contributed by atoms with Crippen LogP contribution in [0.2, 0.25) is 0 Å². The first-order valence-electron chi connectivity index (χ1n) is 11.7. The van der Waals surface area contributed by atoms with E-state index in [9.17, 15) is 22.4 Å². The van der Waals surface area contributed by atoms with Gasteiger partial charge in [-0.25, -0.2) is 9.37 Å². The maximum Gasteiger partial charge on any atom is 0.416 e. The van der Waals surface area contributed by atoms with Gasteiger partial charge in [-0.15, -0.1) is 0 Å². The molecule has 36 heavy (non-hydrogen) atoms. The zero-order valence-electron chi connectivity index (χ0n) is 20.1. The lowest BCUT2D eigenvalue weighted by atomic mass is 9.92. The lowest BCUT2D eigenvalue weighted by molar-refractivity contribution is -0.137. The third-order valence-electron chi connectivity index (χ3n) is 7.09. The van der Waals surface area contributed by atoms with Crippen LogP contribution in [0.15, 0.2) is 54.6 Å². The molecule has 0 bridgehead atoms. The van der Waals surface area contributed by atoms with E-state index in [1.54, 1.807) is 17.9 Å². The van der Waals surface area contributed by atoms with Gasteiger partial charge in [0, 0.05) is 12.1 Å². The number of aromatic nitrogens is 2. The third kappa shape index (κ3) is 4.04. The molecular weight excluding hydrogens is 470 g/mol. The standard InChI is InChI=1S/C28H25F4N3O/c1-16-5-8-21(20-9-7-19(29)14-17(20)2)22(13-16)25(36)35-12-4-11-27(35,3)26-33-23-10-6-18(28(30,31)32)15-24(23)34-26/h5-10,13-15H,4,11-12H2,1-3H3,(H,33,34). The molecule has 4 aromatic rings. The number of rotatable bonds is 3. The summed E-state index contributed by atoms with van der Waals surface area (Å²) in [4.78, 5) is 23.4. The molecule has 0 aliphatic carbocycles. The Morgan fingerprint density at radius 3 is 2.50 bits per heavy atom. The number of imidazole rings is 1. The first-order chi connectivity index (χ1) is 17.0. The summed E-state index contributed by atoms with van der Waals surface area (Å²) in [6.07, 6.45) is -3.12. The van der Waals surface area contributed by atoms with E-state index in [-0.39, 0.29) is 17.2 Å². The molecule has 0 radical (unpaired) electrons. The number of benzene rings is 3. The Kier molecular flexibility index (Phi) is 5.65. The van der Waals surface area contributed by atoms with Gasteiger partial charge in [-0.1, -0.05) is 23.8 Å². The molecule has 1 aromatic heterocycles. The number of hydrogen-bond acceptors (Lipinski definition) is 2. The number of likely N-dealkylation sites (tertiary alicyclic amines) is 1. The van der Waals surface area contributed by atoms with Crippen LogP contribution in [0.3, 0.4) is 0 Å². The van der Waals surface area contributed by atoms with Crippen LogP contribution >= 0.6 is 0 Å². The van der Waals surface area contributed by atoms with Crippen LogP contribution in [0.1, 0.15) is 52.6 Å². The first kappa shape index (κ1) is 24.0. The average molecular weight is 496 g/mol. The maximum atomic E-state index is 14.0. The molecule has 3 aromatic carbocycles. The fourth-order valence-electron chi connectivity index (χ4n) is 5.12. The summed E-state index contributed by atoms with van der Waals surface area (Å²) in [6, 6.07) is 13.5. The Morgan fingerprint density at radius 1 is 1.03 bits per heavy atom. The number of nitrogens with zero attached hydrogens (tertiary/aromatic N) is 2. The number of carbonyl (C=O) groups is 1.